The van der Waals surface area contributed by atoms with Crippen molar-refractivity contribution in [3.05, 3.63) is 29.8 Å². The number of nitrogens with two attached hydrogens (primary N) is 1. The van der Waals surface area contributed by atoms with Crippen molar-refractivity contribution in [3.8, 4) is 5.75 Å². The summed E-state index contributed by atoms with van der Waals surface area (Å²) in [5, 5.41) is 8.43. The van der Waals surface area contributed by atoms with Crippen LogP contribution in [0.4, 0.5) is 0 Å². The summed E-state index contributed by atoms with van der Waals surface area (Å²) < 4.78 is 5.34. The summed E-state index contributed by atoms with van der Waals surface area (Å²) in [5.74, 6) is -0.547. The molecule has 0 saturated heterocycles. The molecule has 0 spiro atoms. The van der Waals surface area contributed by atoms with Crippen LogP contribution in [0.25, 0.3) is 0 Å². The van der Waals surface area contributed by atoms with Crippen LogP contribution < -0.4 is 10.5 Å². The van der Waals surface area contributed by atoms with E-state index in [2.05, 4.69) is 0 Å². The van der Waals surface area contributed by atoms with E-state index in [0.717, 1.165) is 5.56 Å². The van der Waals surface area contributed by atoms with Crippen LogP contribution in [0.3, 0.4) is 0 Å². The number of carboxylic acid groups (broad SMARTS) is 1. The van der Waals surface area contributed by atoms with Gasteiger partial charge in [0.2, 0.25) is 5.91 Å². The average molecular weight is 237 g/mol. The number of carboxylic acids is 1. The third-order valence-electron chi connectivity index (χ3n) is 2.11. The van der Waals surface area contributed by atoms with E-state index in [0.29, 0.717) is 18.8 Å². The third kappa shape index (κ3) is 5.55. The van der Waals surface area contributed by atoms with Crippen LogP contribution in [0.2, 0.25) is 0 Å². The highest BCUT2D eigenvalue weighted by Crippen LogP contribution is 2.12. The maximum Gasteiger partial charge on any atom is 0.303 e. The molecule has 5 nitrogen and oxygen atoms in total. The second kappa shape index (κ2) is 6.52. The van der Waals surface area contributed by atoms with Gasteiger partial charge in [-0.3, -0.25) is 9.59 Å². The molecule has 0 atom stereocenters. The minimum atomic E-state index is -0.828. The fourth-order valence-electron chi connectivity index (χ4n) is 1.32. The zero-order valence-corrected chi connectivity index (χ0v) is 9.39. The fraction of sp³-hybridized carbons (Fsp3) is 0.333. The van der Waals surface area contributed by atoms with E-state index in [1.807, 2.05) is 0 Å². The molecule has 0 aliphatic heterocycles. The number of hydrogen-bond acceptors (Lipinski definition) is 3. The molecule has 0 radical (unpaired) electrons. The predicted molar refractivity (Wildman–Crippen MR) is 61.7 cm³/mol. The van der Waals surface area contributed by atoms with E-state index >= 15 is 0 Å². The van der Waals surface area contributed by atoms with E-state index < -0.39 is 5.97 Å². The predicted octanol–water partition coefficient (Wildman–Crippen LogP) is 0.958. The summed E-state index contributed by atoms with van der Waals surface area (Å²) in [4.78, 5) is 20.9. The van der Waals surface area contributed by atoms with Gasteiger partial charge in [-0.25, -0.2) is 0 Å². The Balaban J connectivity index is 2.35. The van der Waals surface area contributed by atoms with Crippen molar-refractivity contribution in [2.75, 3.05) is 6.61 Å². The first kappa shape index (κ1) is 13.0. The Labute approximate surface area is 99.2 Å². The normalized spacial score (nSPS) is 9.88. The number of carbonyl (C=O) groups is 2. The van der Waals surface area contributed by atoms with Crippen LogP contribution in [0.5, 0.6) is 5.75 Å². The Bertz CT molecular complexity index is 386. The maximum absolute atomic E-state index is 10.7. The van der Waals surface area contributed by atoms with Gasteiger partial charge in [0, 0.05) is 6.42 Å². The molecular formula is C12H15NO4. The third-order valence-corrected chi connectivity index (χ3v) is 2.11. The highest BCUT2D eigenvalue weighted by Gasteiger charge is 2.00. The molecule has 5 heteroatoms. The minimum absolute atomic E-state index is 0.0970. The summed E-state index contributed by atoms with van der Waals surface area (Å²) in [6.07, 6.45) is 0.775. The molecule has 1 rings (SSSR count). The van der Waals surface area contributed by atoms with Crippen molar-refractivity contribution in [1.82, 2.24) is 0 Å². The van der Waals surface area contributed by atoms with Crippen molar-refractivity contribution in [2.24, 2.45) is 5.73 Å². The lowest BCUT2D eigenvalue weighted by Crippen LogP contribution is -2.13. The van der Waals surface area contributed by atoms with Crippen molar-refractivity contribution in [3.63, 3.8) is 0 Å². The van der Waals surface area contributed by atoms with Crippen LogP contribution in [0.15, 0.2) is 24.3 Å². The quantitative estimate of drug-likeness (QED) is 0.691. The molecule has 0 aromatic heterocycles. The van der Waals surface area contributed by atoms with E-state index in [4.69, 9.17) is 15.6 Å². The standard InChI is InChI=1S/C12H15NO4/c13-11(14)8-9-3-5-10(6-4-9)17-7-1-2-12(15)16/h3-6H,1-2,7-8H2,(H2,13,14)(H,15,16). The number of amides is 1. The Morgan fingerprint density at radius 1 is 1.24 bits per heavy atom. The highest BCUT2D eigenvalue weighted by atomic mass is 16.5. The smallest absolute Gasteiger partial charge is 0.303 e. The molecule has 0 fully saturated rings. The molecule has 0 aliphatic rings. The zero-order chi connectivity index (χ0) is 12.7. The number of aliphatic carboxylic acids is 1. The van der Waals surface area contributed by atoms with Crippen LogP contribution >= 0.6 is 0 Å². The summed E-state index contributed by atoms with van der Waals surface area (Å²) in [6.45, 7) is 0.363. The van der Waals surface area contributed by atoms with Crippen molar-refractivity contribution < 1.29 is 19.4 Å². The summed E-state index contributed by atoms with van der Waals surface area (Å²) in [6, 6.07) is 6.99. The van der Waals surface area contributed by atoms with Gasteiger partial charge in [-0.2, -0.15) is 0 Å². The van der Waals surface area contributed by atoms with Crippen LogP contribution in [-0.2, 0) is 16.0 Å². The number of benzene rings is 1. The first-order valence-electron chi connectivity index (χ1n) is 5.30. The van der Waals surface area contributed by atoms with Crippen molar-refractivity contribution >= 4 is 11.9 Å². The number of primary amides is 1. The van der Waals surface area contributed by atoms with E-state index in [9.17, 15) is 9.59 Å². The van der Waals surface area contributed by atoms with Gasteiger partial charge < -0.3 is 15.6 Å². The molecule has 0 heterocycles. The van der Waals surface area contributed by atoms with Gasteiger partial charge in [-0.05, 0) is 24.1 Å². The Kier molecular flexibility index (Phi) is 5.00. The van der Waals surface area contributed by atoms with Gasteiger partial charge in [-0.1, -0.05) is 12.1 Å². The molecule has 1 aromatic carbocycles. The van der Waals surface area contributed by atoms with E-state index in [-0.39, 0.29) is 18.7 Å². The van der Waals surface area contributed by atoms with Gasteiger partial charge in [-0.15, -0.1) is 0 Å². The maximum atomic E-state index is 10.7. The second-order valence-corrected chi connectivity index (χ2v) is 3.63. The monoisotopic (exact) mass is 237 g/mol. The Morgan fingerprint density at radius 3 is 2.41 bits per heavy atom. The molecule has 17 heavy (non-hydrogen) atoms. The SMILES string of the molecule is NC(=O)Cc1ccc(OCCCC(=O)O)cc1. The van der Waals surface area contributed by atoms with Crippen molar-refractivity contribution in [2.45, 2.75) is 19.3 Å². The van der Waals surface area contributed by atoms with Crippen LogP contribution in [0, 0.1) is 0 Å². The van der Waals surface area contributed by atoms with Crippen LogP contribution in [-0.4, -0.2) is 23.6 Å². The number of hydrogen-bond donors (Lipinski definition) is 2. The minimum Gasteiger partial charge on any atom is -0.494 e. The molecule has 1 aromatic rings. The first-order chi connectivity index (χ1) is 8.08. The van der Waals surface area contributed by atoms with Gasteiger partial charge in [0.05, 0.1) is 13.0 Å². The lowest BCUT2D eigenvalue weighted by Gasteiger charge is -2.05. The average Bonchev–Trinajstić information content (AvgIpc) is 2.25. The lowest BCUT2D eigenvalue weighted by atomic mass is 10.1. The molecular weight excluding hydrogens is 222 g/mol. The fourth-order valence-corrected chi connectivity index (χ4v) is 1.32. The Morgan fingerprint density at radius 2 is 1.88 bits per heavy atom. The van der Waals surface area contributed by atoms with Crippen LogP contribution in [0.1, 0.15) is 18.4 Å². The molecule has 0 saturated carbocycles. The Hall–Kier alpha value is -2.04. The molecule has 3 N–H and O–H groups in total. The molecule has 1 amide bonds. The molecule has 0 bridgehead atoms. The van der Waals surface area contributed by atoms with E-state index in [1.165, 1.54) is 0 Å². The largest absolute Gasteiger partial charge is 0.494 e. The first-order valence-corrected chi connectivity index (χ1v) is 5.30. The van der Waals surface area contributed by atoms with Gasteiger partial charge in [0.15, 0.2) is 0 Å². The molecule has 92 valence electrons. The number of rotatable bonds is 7. The number of carbonyl (C=O) groups excluding carboxylic acids is 1. The molecule has 0 unspecified atom stereocenters. The topological polar surface area (TPSA) is 89.6 Å². The lowest BCUT2D eigenvalue weighted by molar-refractivity contribution is -0.137. The van der Waals surface area contributed by atoms with Gasteiger partial charge in [0.25, 0.3) is 0 Å². The van der Waals surface area contributed by atoms with Crippen molar-refractivity contribution in [1.29, 1.82) is 0 Å². The summed E-state index contributed by atoms with van der Waals surface area (Å²) in [7, 11) is 0. The molecule has 0 aliphatic carbocycles. The van der Waals surface area contributed by atoms with Gasteiger partial charge >= 0.3 is 5.97 Å². The zero-order valence-electron chi connectivity index (χ0n) is 9.39. The van der Waals surface area contributed by atoms with E-state index in [1.54, 1.807) is 24.3 Å². The van der Waals surface area contributed by atoms with Gasteiger partial charge in [0.1, 0.15) is 5.75 Å². The number of ether oxygens (including phenoxy) is 1. The summed E-state index contributed by atoms with van der Waals surface area (Å²) in [5.41, 5.74) is 5.89. The highest BCUT2D eigenvalue weighted by molar-refractivity contribution is 5.76. The summed E-state index contributed by atoms with van der Waals surface area (Å²) >= 11 is 0. The second-order valence-electron chi connectivity index (χ2n) is 3.63.